The quantitative estimate of drug-likeness (QED) is 0.0346. The fourth-order valence-corrected chi connectivity index (χ4v) is 7.78. The van der Waals surface area contributed by atoms with Gasteiger partial charge in [-0.2, -0.15) is 0 Å². The first kappa shape index (κ1) is 56.4. The van der Waals surface area contributed by atoms with E-state index in [9.17, 15) is 14.4 Å². The van der Waals surface area contributed by atoms with E-state index in [1.54, 1.807) is 0 Å². The van der Waals surface area contributed by atoms with Crippen LogP contribution in [0.15, 0.2) is 0 Å². The number of esters is 3. The lowest BCUT2D eigenvalue weighted by molar-refractivity contribution is -0.167. The molecule has 0 aromatic heterocycles. The van der Waals surface area contributed by atoms with E-state index in [-0.39, 0.29) is 31.1 Å². The number of carbonyl (C=O) groups is 3. The minimum absolute atomic E-state index is 0.0648. The molecule has 0 amide bonds. The maximum Gasteiger partial charge on any atom is 0.306 e. The monoisotopic (exact) mass is 821 g/mol. The number of ether oxygens (including phenoxy) is 3. The highest BCUT2D eigenvalue weighted by atomic mass is 16.6. The second kappa shape index (κ2) is 44.9. The highest BCUT2D eigenvalue weighted by molar-refractivity contribution is 5.71. The number of rotatable bonds is 46. The van der Waals surface area contributed by atoms with Crippen LogP contribution in [0.5, 0.6) is 0 Å². The van der Waals surface area contributed by atoms with Crippen molar-refractivity contribution in [2.45, 2.75) is 291 Å². The Morgan fingerprint density at radius 3 is 0.983 bits per heavy atom. The van der Waals surface area contributed by atoms with Crippen LogP contribution in [-0.2, 0) is 28.6 Å². The highest BCUT2D eigenvalue weighted by Gasteiger charge is 2.19. The van der Waals surface area contributed by atoms with E-state index in [4.69, 9.17) is 14.2 Å². The van der Waals surface area contributed by atoms with E-state index >= 15 is 0 Å². The Hall–Kier alpha value is -1.59. The predicted octanol–water partition coefficient (Wildman–Crippen LogP) is 16.5. The number of carbonyl (C=O) groups excluding carboxylic acids is 3. The van der Waals surface area contributed by atoms with Gasteiger partial charge >= 0.3 is 17.9 Å². The van der Waals surface area contributed by atoms with Crippen LogP contribution >= 0.6 is 0 Å². The van der Waals surface area contributed by atoms with Gasteiger partial charge in [-0.05, 0) is 31.1 Å². The Bertz CT molecular complexity index is 887. The lowest BCUT2D eigenvalue weighted by Crippen LogP contribution is -2.30. The topological polar surface area (TPSA) is 78.9 Å². The number of hydrogen-bond acceptors (Lipinski definition) is 6. The molecule has 0 saturated carbocycles. The molecule has 0 aromatic carbocycles. The first-order chi connectivity index (χ1) is 28.3. The Morgan fingerprint density at radius 1 is 0.362 bits per heavy atom. The van der Waals surface area contributed by atoms with Crippen molar-refractivity contribution in [1.29, 1.82) is 0 Å². The van der Waals surface area contributed by atoms with Gasteiger partial charge in [0.25, 0.3) is 0 Å². The Morgan fingerprint density at radius 2 is 0.655 bits per heavy atom. The van der Waals surface area contributed by atoms with Crippen LogP contribution in [0.2, 0.25) is 0 Å². The average Bonchev–Trinajstić information content (AvgIpc) is 3.21. The largest absolute Gasteiger partial charge is 0.462 e. The summed E-state index contributed by atoms with van der Waals surface area (Å²) >= 11 is 0. The summed E-state index contributed by atoms with van der Waals surface area (Å²) in [5, 5.41) is 0. The van der Waals surface area contributed by atoms with Gasteiger partial charge in [-0.15, -0.1) is 0 Å². The van der Waals surface area contributed by atoms with Gasteiger partial charge in [-0.25, -0.2) is 0 Å². The molecule has 0 aromatic rings. The van der Waals surface area contributed by atoms with Crippen molar-refractivity contribution in [2.75, 3.05) is 13.2 Å². The lowest BCUT2D eigenvalue weighted by Gasteiger charge is -2.18. The molecule has 0 saturated heterocycles. The summed E-state index contributed by atoms with van der Waals surface area (Å²) < 4.78 is 16.8. The molecule has 58 heavy (non-hydrogen) atoms. The van der Waals surface area contributed by atoms with Crippen LogP contribution in [0.3, 0.4) is 0 Å². The minimum atomic E-state index is -0.762. The van der Waals surface area contributed by atoms with Crippen LogP contribution in [0.1, 0.15) is 285 Å². The third kappa shape index (κ3) is 44.0. The third-order valence-electron chi connectivity index (χ3n) is 12.1. The molecule has 0 fully saturated rings. The van der Waals surface area contributed by atoms with Crippen molar-refractivity contribution in [3.8, 4) is 0 Å². The molecule has 0 aliphatic heterocycles. The van der Waals surface area contributed by atoms with Gasteiger partial charge in [0, 0.05) is 19.3 Å². The zero-order valence-corrected chi connectivity index (χ0v) is 39.7. The predicted molar refractivity (Wildman–Crippen MR) is 247 cm³/mol. The summed E-state index contributed by atoms with van der Waals surface area (Å²) in [4.78, 5) is 37.9. The van der Waals surface area contributed by atoms with Crippen LogP contribution in [0.4, 0.5) is 0 Å². The summed E-state index contributed by atoms with van der Waals surface area (Å²) in [6.07, 6.45) is 45.3. The lowest BCUT2D eigenvalue weighted by atomic mass is 10.00. The van der Waals surface area contributed by atoms with Gasteiger partial charge in [0.05, 0.1) is 0 Å². The molecule has 0 rings (SSSR count). The third-order valence-corrected chi connectivity index (χ3v) is 12.1. The molecule has 0 aliphatic rings. The van der Waals surface area contributed by atoms with E-state index in [0.29, 0.717) is 19.3 Å². The first-order valence-corrected chi connectivity index (χ1v) is 25.8. The van der Waals surface area contributed by atoms with Crippen LogP contribution in [0, 0.1) is 11.8 Å². The minimum Gasteiger partial charge on any atom is -0.462 e. The maximum atomic E-state index is 12.7. The second-order valence-corrected chi connectivity index (χ2v) is 18.5. The highest BCUT2D eigenvalue weighted by Crippen LogP contribution is 2.18. The summed E-state index contributed by atoms with van der Waals surface area (Å²) in [5.74, 6) is 0.766. The standard InChI is InChI=1S/C52H100O6/c1-6-8-9-10-11-12-13-14-15-16-17-18-19-20-23-26-32-37-42-50(53)56-45-49(46-57-51(54)43-38-33-29-28-31-36-41-48(5)7-2)58-52(55)44-39-34-27-24-21-22-25-30-35-40-47(3)4/h47-49H,6-46H2,1-5H3/t48?,49-/m1/s1. The van der Waals surface area contributed by atoms with E-state index in [0.717, 1.165) is 69.6 Å². The normalized spacial score (nSPS) is 12.5. The second-order valence-electron chi connectivity index (χ2n) is 18.5. The summed E-state index contributed by atoms with van der Waals surface area (Å²) in [6.45, 7) is 11.3. The van der Waals surface area contributed by atoms with Crippen LogP contribution in [-0.4, -0.2) is 37.2 Å². The van der Waals surface area contributed by atoms with Gasteiger partial charge in [0.2, 0.25) is 0 Å². The summed E-state index contributed by atoms with van der Waals surface area (Å²) in [6, 6.07) is 0. The molecule has 0 radical (unpaired) electrons. The molecular formula is C52H100O6. The Balaban J connectivity index is 4.26. The van der Waals surface area contributed by atoms with E-state index in [2.05, 4.69) is 34.6 Å². The SMILES string of the molecule is CCCCCCCCCCCCCCCCCCCCC(=O)OC[C@H](COC(=O)CCCCCCCCC(C)CC)OC(=O)CCCCCCCCCCCC(C)C. The fourth-order valence-electron chi connectivity index (χ4n) is 7.78. The number of hydrogen-bond donors (Lipinski definition) is 0. The van der Waals surface area contributed by atoms with E-state index in [1.807, 2.05) is 0 Å². The Labute approximate surface area is 361 Å². The molecular weight excluding hydrogens is 721 g/mol. The molecule has 0 heterocycles. The Kier molecular flexibility index (Phi) is 43.7. The van der Waals surface area contributed by atoms with E-state index in [1.165, 1.54) is 173 Å². The zero-order valence-electron chi connectivity index (χ0n) is 39.7. The van der Waals surface area contributed by atoms with Crippen molar-refractivity contribution in [3.05, 3.63) is 0 Å². The fraction of sp³-hybridized carbons (Fsp3) is 0.942. The summed E-state index contributed by atoms with van der Waals surface area (Å²) in [7, 11) is 0. The molecule has 344 valence electrons. The van der Waals surface area contributed by atoms with E-state index < -0.39 is 6.10 Å². The van der Waals surface area contributed by atoms with Crippen molar-refractivity contribution >= 4 is 17.9 Å². The number of unbranched alkanes of at least 4 members (excludes halogenated alkanes) is 30. The van der Waals surface area contributed by atoms with Crippen molar-refractivity contribution in [2.24, 2.45) is 11.8 Å². The first-order valence-electron chi connectivity index (χ1n) is 25.8. The molecule has 2 atom stereocenters. The molecule has 1 unspecified atom stereocenters. The smallest absolute Gasteiger partial charge is 0.306 e. The van der Waals surface area contributed by atoms with Crippen molar-refractivity contribution in [1.82, 2.24) is 0 Å². The molecule has 6 nitrogen and oxygen atoms in total. The van der Waals surface area contributed by atoms with Gasteiger partial charge < -0.3 is 14.2 Å². The van der Waals surface area contributed by atoms with Gasteiger partial charge in [-0.3, -0.25) is 14.4 Å². The van der Waals surface area contributed by atoms with Crippen molar-refractivity contribution < 1.29 is 28.6 Å². The molecule has 6 heteroatoms. The summed E-state index contributed by atoms with van der Waals surface area (Å²) in [5.41, 5.74) is 0. The molecule has 0 spiro atoms. The molecule has 0 bridgehead atoms. The van der Waals surface area contributed by atoms with Gasteiger partial charge in [0.1, 0.15) is 13.2 Å². The molecule has 0 aliphatic carbocycles. The van der Waals surface area contributed by atoms with Crippen LogP contribution < -0.4 is 0 Å². The zero-order chi connectivity index (χ0) is 42.6. The maximum absolute atomic E-state index is 12.7. The van der Waals surface area contributed by atoms with Crippen molar-refractivity contribution in [3.63, 3.8) is 0 Å². The average molecular weight is 821 g/mol. The molecule has 0 N–H and O–H groups in total. The van der Waals surface area contributed by atoms with Gasteiger partial charge in [-0.1, -0.05) is 247 Å². The van der Waals surface area contributed by atoms with Crippen LogP contribution in [0.25, 0.3) is 0 Å². The van der Waals surface area contributed by atoms with Gasteiger partial charge in [0.15, 0.2) is 6.10 Å².